The first-order chi connectivity index (χ1) is 52.5. The molecule has 0 fully saturated rings. The van der Waals surface area contributed by atoms with Crippen LogP contribution in [0.5, 0.6) is 0 Å². The van der Waals surface area contributed by atoms with Crippen LogP contribution >= 0.6 is 22.2 Å². The lowest BCUT2D eigenvalue weighted by Crippen LogP contribution is -2.00. The van der Waals surface area contributed by atoms with Gasteiger partial charge in [-0.15, -0.1) is 11.3 Å². The molecule has 6 heterocycles. The summed E-state index contributed by atoms with van der Waals surface area (Å²) in [5.41, 5.74) is 21.9. The van der Waals surface area contributed by atoms with Crippen molar-refractivity contribution in [2.75, 3.05) is 0 Å². The molecule has 1 aliphatic rings. The van der Waals surface area contributed by atoms with E-state index in [0.29, 0.717) is 34.9 Å². The van der Waals surface area contributed by atoms with Crippen molar-refractivity contribution in [3.05, 3.63) is 358 Å². The van der Waals surface area contributed by atoms with E-state index in [1.807, 2.05) is 65.9 Å². The standard InChI is InChI=1S/C96H60N8S2/c1-6-22-60(23-7-1)61-40-48-71(49-41-61)104-83-38-19-17-33-76(83)79-57-67(45-53-85(79)104)74-35-20-36-77-80-58-68(46-54-86(80)105-90(74)77)95-99-93(64-28-12-4-13-29-64)98-94(102-95)65-42-50-72(51-43-65)106-87-55-47-69(96-100-91(62-24-8-2-9-25-62)97-92(101-96)63-26-10-3-11-27-63)59-81(87)89-73(34-21-39-88(89)106)66-44-52-84-78(56-66)75-32-16-18-37-82(75)103(84)70-30-14-5-15-31-70/h1-59,106H. The maximum Gasteiger partial charge on any atom is 0.164 e. The lowest BCUT2D eigenvalue weighted by molar-refractivity contribution is 1.07. The number of thiophene rings is 1. The van der Waals surface area contributed by atoms with Crippen LogP contribution in [0.2, 0.25) is 0 Å². The Morgan fingerprint density at radius 1 is 0.226 bits per heavy atom. The number of hydrogen-bond donors (Lipinski definition) is 1. The molecule has 0 saturated carbocycles. The second kappa shape index (κ2) is 25.2. The number of para-hydroxylation sites is 3. The van der Waals surface area contributed by atoms with Gasteiger partial charge in [0.2, 0.25) is 0 Å². The van der Waals surface area contributed by atoms with E-state index in [1.54, 1.807) is 0 Å². The zero-order valence-corrected chi connectivity index (χ0v) is 58.7. The number of nitrogens with zero attached hydrogens (tertiary/aromatic N) is 8. The molecule has 8 nitrogen and oxygen atoms in total. The van der Waals surface area contributed by atoms with E-state index >= 15 is 0 Å². The van der Waals surface area contributed by atoms with Gasteiger partial charge in [-0.3, -0.25) is 0 Å². The van der Waals surface area contributed by atoms with E-state index in [2.05, 4.69) is 312 Å². The molecule has 496 valence electrons. The predicted molar refractivity (Wildman–Crippen MR) is 439 cm³/mol. The minimum absolute atomic E-state index is 0.604. The summed E-state index contributed by atoms with van der Waals surface area (Å²) in [5, 5.41) is 7.21. The average molecular weight is 1390 g/mol. The number of rotatable bonds is 12. The lowest BCUT2D eigenvalue weighted by Gasteiger charge is -2.20. The number of benzene rings is 15. The van der Waals surface area contributed by atoms with Crippen LogP contribution in [0.25, 0.3) is 188 Å². The van der Waals surface area contributed by atoms with Crippen LogP contribution < -0.4 is 0 Å². The van der Waals surface area contributed by atoms with Crippen molar-refractivity contribution in [2.24, 2.45) is 0 Å². The summed E-state index contributed by atoms with van der Waals surface area (Å²) in [6.07, 6.45) is 0. The molecular weight excluding hydrogens is 1330 g/mol. The Balaban J connectivity index is 0.664. The summed E-state index contributed by atoms with van der Waals surface area (Å²) in [7, 11) is -1.09. The Labute approximate surface area is 617 Å². The largest absolute Gasteiger partial charge is 0.309 e. The van der Waals surface area contributed by atoms with Gasteiger partial charge in [0.25, 0.3) is 0 Å². The second-order valence-corrected chi connectivity index (χ2v) is 30.1. The van der Waals surface area contributed by atoms with Crippen molar-refractivity contribution < 1.29 is 0 Å². The van der Waals surface area contributed by atoms with Crippen molar-refractivity contribution in [2.45, 2.75) is 14.7 Å². The fourth-order valence-electron chi connectivity index (χ4n) is 15.8. The van der Waals surface area contributed by atoms with Crippen LogP contribution in [-0.2, 0) is 0 Å². The number of hydrogen-bond acceptors (Lipinski definition) is 7. The summed E-state index contributed by atoms with van der Waals surface area (Å²) < 4.78 is 7.22. The second-order valence-electron chi connectivity index (χ2n) is 26.9. The van der Waals surface area contributed by atoms with Gasteiger partial charge in [-0.1, -0.05) is 249 Å². The van der Waals surface area contributed by atoms with Gasteiger partial charge in [0.15, 0.2) is 34.9 Å². The Morgan fingerprint density at radius 3 is 1.18 bits per heavy atom. The normalized spacial score (nSPS) is 13.0. The molecule has 15 aromatic carbocycles. The number of aromatic nitrogens is 8. The molecule has 0 amide bonds. The van der Waals surface area contributed by atoms with Gasteiger partial charge in [-0.25, -0.2) is 29.9 Å². The Kier molecular flexibility index (Phi) is 14.5. The Morgan fingerprint density at radius 2 is 0.613 bits per heavy atom. The zero-order valence-electron chi connectivity index (χ0n) is 57.0. The maximum atomic E-state index is 5.39. The molecule has 21 rings (SSSR count). The van der Waals surface area contributed by atoms with Gasteiger partial charge in [0, 0.05) is 102 Å². The molecule has 106 heavy (non-hydrogen) atoms. The van der Waals surface area contributed by atoms with Gasteiger partial charge in [0.1, 0.15) is 0 Å². The minimum Gasteiger partial charge on any atom is -0.309 e. The Hall–Kier alpha value is -13.5. The molecule has 0 aliphatic carbocycles. The molecule has 1 atom stereocenters. The molecule has 5 aromatic heterocycles. The summed E-state index contributed by atoms with van der Waals surface area (Å²) in [6.45, 7) is 0. The fourth-order valence-corrected chi connectivity index (χ4v) is 19.6. The quantitative estimate of drug-likeness (QED) is 0.123. The van der Waals surface area contributed by atoms with E-state index in [0.717, 1.165) is 66.8 Å². The molecule has 0 saturated heterocycles. The van der Waals surface area contributed by atoms with Gasteiger partial charge in [-0.05, 0) is 153 Å². The zero-order chi connectivity index (χ0) is 69.8. The molecule has 0 bridgehead atoms. The first kappa shape index (κ1) is 61.2. The molecular formula is C96H60N8S2. The first-order valence-corrected chi connectivity index (χ1v) is 37.8. The van der Waals surface area contributed by atoms with E-state index in [9.17, 15) is 0 Å². The van der Waals surface area contributed by atoms with Crippen LogP contribution in [-0.4, -0.2) is 39.0 Å². The lowest BCUT2D eigenvalue weighted by atomic mass is 9.93. The maximum absolute atomic E-state index is 5.39. The number of fused-ring (bicyclic) bond motifs is 12. The molecule has 20 aromatic rings. The fraction of sp³-hybridized carbons (Fsp3) is 0. The molecule has 0 spiro atoms. The molecule has 1 unspecified atom stereocenters. The smallest absolute Gasteiger partial charge is 0.164 e. The van der Waals surface area contributed by atoms with Crippen molar-refractivity contribution in [1.29, 1.82) is 0 Å². The summed E-state index contributed by atoms with van der Waals surface area (Å²) in [4.78, 5) is 35.3. The van der Waals surface area contributed by atoms with Crippen LogP contribution in [0.4, 0.5) is 0 Å². The van der Waals surface area contributed by atoms with E-state index < -0.39 is 10.9 Å². The number of thiol groups is 1. The average Bonchev–Trinajstić information content (AvgIpc) is 1.59. The minimum atomic E-state index is -1.09. The monoisotopic (exact) mass is 1390 g/mol. The third kappa shape index (κ3) is 10.4. The summed E-state index contributed by atoms with van der Waals surface area (Å²) in [6, 6.07) is 128. The Bertz CT molecular complexity index is 6800. The highest BCUT2D eigenvalue weighted by molar-refractivity contribution is 8.17. The molecule has 0 radical (unpaired) electrons. The van der Waals surface area contributed by atoms with Gasteiger partial charge >= 0.3 is 0 Å². The van der Waals surface area contributed by atoms with Crippen molar-refractivity contribution in [3.63, 3.8) is 0 Å². The van der Waals surface area contributed by atoms with E-state index in [-0.39, 0.29) is 0 Å². The van der Waals surface area contributed by atoms with Gasteiger partial charge < -0.3 is 9.13 Å². The third-order valence-corrected chi connectivity index (χ3v) is 24.5. The van der Waals surface area contributed by atoms with Crippen LogP contribution in [0.1, 0.15) is 0 Å². The van der Waals surface area contributed by atoms with Crippen LogP contribution in [0, 0.1) is 0 Å². The molecule has 10 heteroatoms. The van der Waals surface area contributed by atoms with Crippen molar-refractivity contribution >= 4 is 86.0 Å². The van der Waals surface area contributed by atoms with Crippen molar-refractivity contribution in [1.82, 2.24) is 39.0 Å². The molecule has 1 aliphatic heterocycles. The predicted octanol–water partition coefficient (Wildman–Crippen LogP) is 25.1. The van der Waals surface area contributed by atoms with E-state index in [1.165, 1.54) is 101 Å². The topological polar surface area (TPSA) is 87.2 Å². The highest BCUT2D eigenvalue weighted by Gasteiger charge is 2.32. The first-order valence-electron chi connectivity index (χ1n) is 35.6. The highest BCUT2D eigenvalue weighted by atomic mass is 32.2. The molecule has 0 N–H and O–H groups in total. The van der Waals surface area contributed by atoms with E-state index in [4.69, 9.17) is 29.9 Å². The van der Waals surface area contributed by atoms with Gasteiger partial charge in [-0.2, -0.15) is 10.9 Å². The third-order valence-electron chi connectivity index (χ3n) is 20.8. The highest BCUT2D eigenvalue weighted by Crippen LogP contribution is 2.65. The summed E-state index contributed by atoms with van der Waals surface area (Å²) in [5.74, 6) is 3.69. The SMILES string of the molecule is c1ccc(-c2ccc(-n3c4ccccc4c4cc(-c5cccc6c5sc5ccc(-c7nc(-c8ccccc8)nc(-c8ccc([SH]9c%10ccc(-c%11nc(-c%12ccccc%12)nc(-c%12ccccc%12)n%11)cc%10-c%10c(-c%11ccc%12c(c%11)c%11ccccc%11n%12-c%11ccccc%11)cccc%109)cc8)n7)cc56)ccc43)cc2)cc1. The van der Waals surface area contributed by atoms with Crippen LogP contribution in [0.15, 0.2) is 373 Å². The van der Waals surface area contributed by atoms with Crippen LogP contribution in [0.3, 0.4) is 0 Å². The van der Waals surface area contributed by atoms with Gasteiger partial charge in [0.05, 0.1) is 22.1 Å². The summed E-state index contributed by atoms with van der Waals surface area (Å²) >= 11 is 1.83. The van der Waals surface area contributed by atoms with Crippen molar-refractivity contribution in [3.8, 4) is 124 Å².